The number of aryl methyl sites for hydroxylation is 1. The zero-order valence-electron chi connectivity index (χ0n) is 15.2. The average Bonchev–Trinajstić information content (AvgIpc) is 2.67. The Balaban J connectivity index is 1.78. The van der Waals surface area contributed by atoms with Crippen LogP contribution in [-0.4, -0.2) is 16.8 Å². The van der Waals surface area contributed by atoms with E-state index in [4.69, 9.17) is 0 Å². The standard InChI is InChI=1S/C21H17F2N3O2/c1-12-4-3-5-18(13(12)2)25-20(27)14-8-15(11-24-10-14)21(28)26-19-7-6-16(22)9-17(19)23/h3-11H,1-2H3,(H,25,27)(H,26,28). The number of anilines is 2. The van der Waals surface area contributed by atoms with E-state index >= 15 is 0 Å². The molecule has 0 bridgehead atoms. The fraction of sp³-hybridized carbons (Fsp3) is 0.0952. The van der Waals surface area contributed by atoms with Crippen molar-refractivity contribution in [1.82, 2.24) is 4.98 Å². The lowest BCUT2D eigenvalue weighted by Gasteiger charge is -2.11. The summed E-state index contributed by atoms with van der Waals surface area (Å²) in [6.45, 7) is 3.83. The summed E-state index contributed by atoms with van der Waals surface area (Å²) in [5, 5.41) is 5.12. The van der Waals surface area contributed by atoms with Crippen molar-refractivity contribution in [3.63, 3.8) is 0 Å². The third kappa shape index (κ3) is 4.20. The molecule has 0 aliphatic carbocycles. The van der Waals surface area contributed by atoms with E-state index in [1.165, 1.54) is 18.5 Å². The molecule has 0 aliphatic rings. The fourth-order valence-corrected chi connectivity index (χ4v) is 2.55. The van der Waals surface area contributed by atoms with Gasteiger partial charge in [0, 0.05) is 24.1 Å². The van der Waals surface area contributed by atoms with Crippen molar-refractivity contribution in [1.29, 1.82) is 0 Å². The summed E-state index contributed by atoms with van der Waals surface area (Å²) in [4.78, 5) is 28.8. The molecule has 142 valence electrons. The van der Waals surface area contributed by atoms with Gasteiger partial charge in [-0.25, -0.2) is 8.78 Å². The van der Waals surface area contributed by atoms with Crippen LogP contribution in [0.1, 0.15) is 31.8 Å². The zero-order chi connectivity index (χ0) is 20.3. The number of hydrogen-bond donors (Lipinski definition) is 2. The number of nitrogens with zero attached hydrogens (tertiary/aromatic N) is 1. The van der Waals surface area contributed by atoms with Gasteiger partial charge < -0.3 is 10.6 Å². The lowest BCUT2D eigenvalue weighted by atomic mass is 10.1. The molecule has 0 radical (unpaired) electrons. The second-order valence-corrected chi connectivity index (χ2v) is 6.24. The number of halogens is 2. The maximum Gasteiger partial charge on any atom is 0.257 e. The maximum atomic E-state index is 13.7. The summed E-state index contributed by atoms with van der Waals surface area (Å²) in [5.74, 6) is -2.74. The minimum atomic E-state index is -0.898. The van der Waals surface area contributed by atoms with E-state index in [-0.39, 0.29) is 16.8 Å². The topological polar surface area (TPSA) is 71.1 Å². The molecule has 0 spiro atoms. The van der Waals surface area contributed by atoms with Crippen molar-refractivity contribution in [2.45, 2.75) is 13.8 Å². The number of carbonyl (C=O) groups excluding carboxylic acids is 2. The molecule has 2 aromatic carbocycles. The summed E-state index contributed by atoms with van der Waals surface area (Å²) >= 11 is 0. The number of carbonyl (C=O) groups is 2. The third-order valence-corrected chi connectivity index (χ3v) is 4.29. The van der Waals surface area contributed by atoms with Gasteiger partial charge in [-0.1, -0.05) is 12.1 Å². The van der Waals surface area contributed by atoms with E-state index in [1.807, 2.05) is 26.0 Å². The smallest absolute Gasteiger partial charge is 0.257 e. The fourth-order valence-electron chi connectivity index (χ4n) is 2.55. The Kier molecular flexibility index (Phi) is 5.44. The van der Waals surface area contributed by atoms with E-state index in [0.717, 1.165) is 23.3 Å². The lowest BCUT2D eigenvalue weighted by Crippen LogP contribution is -2.17. The SMILES string of the molecule is Cc1cccc(NC(=O)c2cncc(C(=O)Nc3ccc(F)cc3F)c2)c1C. The van der Waals surface area contributed by atoms with Gasteiger partial charge in [0.1, 0.15) is 11.6 Å². The minimum absolute atomic E-state index is 0.0670. The molecule has 2 amide bonds. The van der Waals surface area contributed by atoms with Crippen molar-refractivity contribution in [2.75, 3.05) is 10.6 Å². The number of benzene rings is 2. The molecule has 0 fully saturated rings. The van der Waals surface area contributed by atoms with E-state index in [9.17, 15) is 18.4 Å². The Morgan fingerprint density at radius 1 is 0.857 bits per heavy atom. The summed E-state index contributed by atoms with van der Waals surface area (Å²) in [6.07, 6.45) is 2.58. The van der Waals surface area contributed by atoms with Gasteiger partial charge in [0.2, 0.25) is 0 Å². The highest BCUT2D eigenvalue weighted by atomic mass is 19.1. The number of hydrogen-bond acceptors (Lipinski definition) is 3. The zero-order valence-corrected chi connectivity index (χ0v) is 15.2. The molecule has 3 rings (SSSR count). The highest BCUT2D eigenvalue weighted by molar-refractivity contribution is 6.08. The molecule has 3 aromatic rings. The molecule has 1 heterocycles. The normalized spacial score (nSPS) is 10.4. The Morgan fingerprint density at radius 2 is 1.50 bits per heavy atom. The van der Waals surface area contributed by atoms with Crippen molar-refractivity contribution < 1.29 is 18.4 Å². The van der Waals surface area contributed by atoms with Crippen molar-refractivity contribution in [2.24, 2.45) is 0 Å². The number of amides is 2. The molecular formula is C21H17F2N3O2. The molecule has 5 nitrogen and oxygen atoms in total. The van der Waals surface area contributed by atoms with Crippen molar-refractivity contribution >= 4 is 23.2 Å². The van der Waals surface area contributed by atoms with Gasteiger partial charge in [0.15, 0.2) is 0 Å². The summed E-state index contributed by atoms with van der Waals surface area (Å²) in [7, 11) is 0. The van der Waals surface area contributed by atoms with Crippen LogP contribution in [0.4, 0.5) is 20.2 Å². The van der Waals surface area contributed by atoms with Crippen LogP contribution in [0.5, 0.6) is 0 Å². The van der Waals surface area contributed by atoms with Gasteiger partial charge in [0.25, 0.3) is 11.8 Å². The van der Waals surface area contributed by atoms with Crippen LogP contribution in [0.3, 0.4) is 0 Å². The van der Waals surface area contributed by atoms with Crippen LogP contribution in [0, 0.1) is 25.5 Å². The summed E-state index contributed by atoms with van der Waals surface area (Å²) in [5.41, 5.74) is 2.70. The monoisotopic (exact) mass is 381 g/mol. The van der Waals surface area contributed by atoms with Gasteiger partial charge in [-0.2, -0.15) is 0 Å². The molecule has 0 atom stereocenters. The van der Waals surface area contributed by atoms with Gasteiger partial charge in [-0.3, -0.25) is 14.6 Å². The Labute approximate surface area is 160 Å². The Hall–Kier alpha value is -3.61. The number of rotatable bonds is 4. The molecule has 2 N–H and O–H groups in total. The molecular weight excluding hydrogens is 364 g/mol. The quantitative estimate of drug-likeness (QED) is 0.700. The van der Waals surface area contributed by atoms with E-state index in [1.54, 1.807) is 6.07 Å². The molecule has 0 aliphatic heterocycles. The average molecular weight is 381 g/mol. The highest BCUT2D eigenvalue weighted by Crippen LogP contribution is 2.19. The molecule has 0 unspecified atom stereocenters. The lowest BCUT2D eigenvalue weighted by molar-refractivity contribution is 0.102. The van der Waals surface area contributed by atoms with Crippen LogP contribution < -0.4 is 10.6 Å². The first-order valence-corrected chi connectivity index (χ1v) is 8.44. The molecule has 28 heavy (non-hydrogen) atoms. The van der Waals surface area contributed by atoms with Gasteiger partial charge >= 0.3 is 0 Å². The highest BCUT2D eigenvalue weighted by Gasteiger charge is 2.14. The van der Waals surface area contributed by atoms with E-state index in [2.05, 4.69) is 15.6 Å². The number of nitrogens with one attached hydrogen (secondary N) is 2. The van der Waals surface area contributed by atoms with Gasteiger partial charge in [-0.15, -0.1) is 0 Å². The number of aromatic nitrogens is 1. The van der Waals surface area contributed by atoms with E-state index in [0.29, 0.717) is 11.8 Å². The second kappa shape index (κ2) is 7.96. The summed E-state index contributed by atoms with van der Waals surface area (Å²) in [6, 6.07) is 9.72. The first kappa shape index (κ1) is 19.2. The van der Waals surface area contributed by atoms with Gasteiger partial charge in [-0.05, 0) is 49.2 Å². The Morgan fingerprint density at radius 3 is 2.14 bits per heavy atom. The van der Waals surface area contributed by atoms with Crippen LogP contribution in [-0.2, 0) is 0 Å². The molecule has 1 aromatic heterocycles. The first-order chi connectivity index (χ1) is 13.3. The van der Waals surface area contributed by atoms with Crippen LogP contribution in [0.15, 0.2) is 54.9 Å². The molecule has 0 saturated heterocycles. The molecule has 7 heteroatoms. The predicted octanol–water partition coefficient (Wildman–Crippen LogP) is 4.48. The maximum absolute atomic E-state index is 13.7. The third-order valence-electron chi connectivity index (χ3n) is 4.29. The summed E-state index contributed by atoms with van der Waals surface area (Å²) < 4.78 is 26.7. The number of pyridine rings is 1. The van der Waals surface area contributed by atoms with Gasteiger partial charge in [0.05, 0.1) is 16.8 Å². The van der Waals surface area contributed by atoms with Crippen LogP contribution >= 0.6 is 0 Å². The first-order valence-electron chi connectivity index (χ1n) is 8.44. The van der Waals surface area contributed by atoms with E-state index < -0.39 is 23.4 Å². The van der Waals surface area contributed by atoms with Crippen LogP contribution in [0.25, 0.3) is 0 Å². The minimum Gasteiger partial charge on any atom is -0.322 e. The van der Waals surface area contributed by atoms with Crippen molar-refractivity contribution in [3.05, 3.63) is 88.7 Å². The van der Waals surface area contributed by atoms with Crippen LogP contribution in [0.2, 0.25) is 0 Å². The predicted molar refractivity (Wildman–Crippen MR) is 102 cm³/mol. The largest absolute Gasteiger partial charge is 0.322 e. The molecule has 0 saturated carbocycles. The Bertz CT molecular complexity index is 1070. The second-order valence-electron chi connectivity index (χ2n) is 6.24. The van der Waals surface area contributed by atoms with Crippen molar-refractivity contribution in [3.8, 4) is 0 Å².